The Kier molecular flexibility index (Phi) is 4.86. The van der Waals surface area contributed by atoms with Gasteiger partial charge in [0.2, 0.25) is 0 Å². The molecule has 2 amide bonds. The number of aliphatic carboxylic acids is 1. The molecule has 3 unspecified atom stereocenters. The van der Waals surface area contributed by atoms with Crippen molar-refractivity contribution in [2.75, 3.05) is 13.2 Å². The summed E-state index contributed by atoms with van der Waals surface area (Å²) in [7, 11) is 0. The Balaban J connectivity index is 1.72. The van der Waals surface area contributed by atoms with Crippen molar-refractivity contribution in [3.05, 3.63) is 0 Å². The summed E-state index contributed by atoms with van der Waals surface area (Å²) in [6.07, 6.45) is 4.92. The van der Waals surface area contributed by atoms with Crippen LogP contribution in [-0.4, -0.2) is 41.9 Å². The molecule has 20 heavy (non-hydrogen) atoms. The number of carbonyl (C=O) groups is 2. The van der Waals surface area contributed by atoms with E-state index in [0.717, 1.165) is 32.3 Å². The van der Waals surface area contributed by atoms with Crippen LogP contribution in [0.15, 0.2) is 0 Å². The fraction of sp³-hybridized carbons (Fsp3) is 0.857. The molecule has 6 heteroatoms. The van der Waals surface area contributed by atoms with Gasteiger partial charge in [-0.3, -0.25) is 4.79 Å². The number of amides is 2. The maximum absolute atomic E-state index is 11.9. The van der Waals surface area contributed by atoms with Crippen molar-refractivity contribution < 1.29 is 19.4 Å². The van der Waals surface area contributed by atoms with Gasteiger partial charge in [0.15, 0.2) is 0 Å². The van der Waals surface area contributed by atoms with Gasteiger partial charge in [-0.25, -0.2) is 4.79 Å². The SMILES string of the molecule is CC1(CNC(=O)NC2CCCC(C(=O)O)C2)CCCO1. The third-order valence-corrected chi connectivity index (χ3v) is 4.28. The van der Waals surface area contributed by atoms with Crippen molar-refractivity contribution in [2.24, 2.45) is 5.92 Å². The van der Waals surface area contributed by atoms with Gasteiger partial charge in [0.05, 0.1) is 11.5 Å². The molecule has 114 valence electrons. The zero-order chi connectivity index (χ0) is 14.6. The van der Waals surface area contributed by atoms with Crippen LogP contribution in [0.1, 0.15) is 45.4 Å². The lowest BCUT2D eigenvalue weighted by Gasteiger charge is -2.28. The Hall–Kier alpha value is -1.30. The van der Waals surface area contributed by atoms with Gasteiger partial charge in [0.1, 0.15) is 0 Å². The summed E-state index contributed by atoms with van der Waals surface area (Å²) in [5.74, 6) is -1.09. The molecule has 1 saturated heterocycles. The third-order valence-electron chi connectivity index (χ3n) is 4.28. The lowest BCUT2D eigenvalue weighted by atomic mass is 9.86. The molecule has 0 bridgehead atoms. The van der Waals surface area contributed by atoms with E-state index in [1.807, 2.05) is 6.92 Å². The summed E-state index contributed by atoms with van der Waals surface area (Å²) in [4.78, 5) is 22.8. The van der Waals surface area contributed by atoms with Crippen LogP contribution in [0, 0.1) is 5.92 Å². The van der Waals surface area contributed by atoms with Crippen LogP contribution >= 0.6 is 0 Å². The number of hydrogen-bond donors (Lipinski definition) is 3. The lowest BCUT2D eigenvalue weighted by Crippen LogP contribution is -2.48. The first kappa shape index (κ1) is 15.1. The van der Waals surface area contributed by atoms with Gasteiger partial charge in [-0.15, -0.1) is 0 Å². The Bertz CT molecular complexity index is 366. The Morgan fingerprint density at radius 3 is 2.80 bits per heavy atom. The van der Waals surface area contributed by atoms with E-state index in [0.29, 0.717) is 19.4 Å². The van der Waals surface area contributed by atoms with Gasteiger partial charge in [-0.05, 0) is 39.0 Å². The highest BCUT2D eigenvalue weighted by Crippen LogP contribution is 2.25. The summed E-state index contributed by atoms with van der Waals surface area (Å²) in [6.45, 7) is 3.25. The standard InChI is InChI=1S/C14H24N2O4/c1-14(6-3-7-20-14)9-15-13(19)16-11-5-2-4-10(8-11)12(17)18/h10-11H,2-9H2,1H3,(H,17,18)(H2,15,16,19). The average Bonchev–Trinajstić information content (AvgIpc) is 2.84. The van der Waals surface area contributed by atoms with Crippen molar-refractivity contribution in [3.63, 3.8) is 0 Å². The molecule has 1 aliphatic heterocycles. The highest BCUT2D eigenvalue weighted by molar-refractivity contribution is 5.74. The molecule has 6 nitrogen and oxygen atoms in total. The maximum atomic E-state index is 11.9. The molecule has 1 saturated carbocycles. The van der Waals surface area contributed by atoms with Gasteiger partial charge in [0, 0.05) is 19.2 Å². The number of hydrogen-bond acceptors (Lipinski definition) is 3. The van der Waals surface area contributed by atoms with Crippen molar-refractivity contribution in [3.8, 4) is 0 Å². The first-order valence-electron chi connectivity index (χ1n) is 7.40. The van der Waals surface area contributed by atoms with Crippen molar-refractivity contribution in [1.82, 2.24) is 10.6 Å². The van der Waals surface area contributed by atoms with Crippen LogP contribution in [0.25, 0.3) is 0 Å². The minimum Gasteiger partial charge on any atom is -0.481 e. The minimum atomic E-state index is -0.760. The van der Waals surface area contributed by atoms with Gasteiger partial charge < -0.3 is 20.5 Å². The molecular weight excluding hydrogens is 260 g/mol. The maximum Gasteiger partial charge on any atom is 0.315 e. The first-order valence-corrected chi connectivity index (χ1v) is 7.40. The monoisotopic (exact) mass is 284 g/mol. The first-order chi connectivity index (χ1) is 9.48. The number of carbonyl (C=O) groups excluding carboxylic acids is 1. The van der Waals surface area contributed by atoms with E-state index < -0.39 is 5.97 Å². The lowest BCUT2D eigenvalue weighted by molar-refractivity contribution is -0.143. The largest absolute Gasteiger partial charge is 0.481 e. The molecule has 0 aromatic carbocycles. The molecule has 0 aromatic heterocycles. The van der Waals surface area contributed by atoms with E-state index in [1.165, 1.54) is 0 Å². The van der Waals surface area contributed by atoms with Gasteiger partial charge >= 0.3 is 12.0 Å². The van der Waals surface area contributed by atoms with Crippen LogP contribution in [0.3, 0.4) is 0 Å². The molecule has 1 heterocycles. The normalized spacial score (nSPS) is 33.6. The van der Waals surface area contributed by atoms with E-state index in [9.17, 15) is 9.59 Å². The number of rotatable bonds is 4. The minimum absolute atomic E-state index is 0.0397. The fourth-order valence-corrected chi connectivity index (χ4v) is 3.03. The van der Waals surface area contributed by atoms with Crippen LogP contribution in [0.5, 0.6) is 0 Å². The third kappa shape index (κ3) is 4.10. The molecular formula is C14H24N2O4. The van der Waals surface area contributed by atoms with Crippen LogP contribution < -0.4 is 10.6 Å². The number of nitrogens with one attached hydrogen (secondary N) is 2. The van der Waals surface area contributed by atoms with Crippen molar-refractivity contribution in [1.29, 1.82) is 0 Å². The molecule has 3 N–H and O–H groups in total. The summed E-state index contributed by atoms with van der Waals surface area (Å²) in [6, 6.07) is -0.264. The zero-order valence-electron chi connectivity index (χ0n) is 12.0. The second kappa shape index (κ2) is 6.43. The average molecular weight is 284 g/mol. The summed E-state index contributed by atoms with van der Waals surface area (Å²) < 4.78 is 5.61. The summed E-state index contributed by atoms with van der Waals surface area (Å²) >= 11 is 0. The quantitative estimate of drug-likeness (QED) is 0.730. The second-order valence-electron chi connectivity index (χ2n) is 6.13. The van der Waals surface area contributed by atoms with E-state index in [-0.39, 0.29) is 23.6 Å². The predicted molar refractivity (Wildman–Crippen MR) is 73.5 cm³/mol. The number of carboxylic acid groups (broad SMARTS) is 1. The summed E-state index contributed by atoms with van der Waals surface area (Å²) in [5, 5.41) is 14.7. The van der Waals surface area contributed by atoms with Crippen LogP contribution in [0.2, 0.25) is 0 Å². The van der Waals surface area contributed by atoms with Crippen LogP contribution in [0.4, 0.5) is 4.79 Å². The highest BCUT2D eigenvalue weighted by Gasteiger charge is 2.31. The molecule has 2 aliphatic rings. The Morgan fingerprint density at radius 2 is 2.15 bits per heavy atom. The Labute approximate surface area is 119 Å². The highest BCUT2D eigenvalue weighted by atomic mass is 16.5. The van der Waals surface area contributed by atoms with Gasteiger partial charge in [-0.2, -0.15) is 0 Å². The number of urea groups is 1. The summed E-state index contributed by atoms with van der Waals surface area (Å²) in [5.41, 5.74) is -0.256. The van der Waals surface area contributed by atoms with Crippen LogP contribution in [-0.2, 0) is 9.53 Å². The predicted octanol–water partition coefficient (Wildman–Crippen LogP) is 1.50. The molecule has 2 fully saturated rings. The molecule has 2 rings (SSSR count). The molecule has 3 atom stereocenters. The van der Waals surface area contributed by atoms with Gasteiger partial charge in [0.25, 0.3) is 0 Å². The van der Waals surface area contributed by atoms with Crippen molar-refractivity contribution in [2.45, 2.75) is 57.1 Å². The number of ether oxygens (including phenoxy) is 1. The second-order valence-corrected chi connectivity index (χ2v) is 6.13. The van der Waals surface area contributed by atoms with E-state index in [1.54, 1.807) is 0 Å². The zero-order valence-corrected chi connectivity index (χ0v) is 12.0. The fourth-order valence-electron chi connectivity index (χ4n) is 3.03. The van der Waals surface area contributed by atoms with E-state index in [2.05, 4.69) is 10.6 Å². The van der Waals surface area contributed by atoms with E-state index >= 15 is 0 Å². The van der Waals surface area contributed by atoms with E-state index in [4.69, 9.17) is 9.84 Å². The molecule has 0 aromatic rings. The smallest absolute Gasteiger partial charge is 0.315 e. The van der Waals surface area contributed by atoms with Gasteiger partial charge in [-0.1, -0.05) is 6.42 Å². The topological polar surface area (TPSA) is 87.7 Å². The molecule has 0 spiro atoms. The van der Waals surface area contributed by atoms with Crippen molar-refractivity contribution >= 4 is 12.0 Å². The Morgan fingerprint density at radius 1 is 1.35 bits per heavy atom. The number of carboxylic acids is 1. The molecule has 0 radical (unpaired) electrons. The molecule has 1 aliphatic carbocycles.